The molecule has 0 saturated carbocycles. The summed E-state index contributed by atoms with van der Waals surface area (Å²) in [5.74, 6) is -2.60. The van der Waals surface area contributed by atoms with Crippen LogP contribution in [0.5, 0.6) is 0 Å². The highest BCUT2D eigenvalue weighted by molar-refractivity contribution is 5.87. The predicted octanol–water partition coefficient (Wildman–Crippen LogP) is 3.26. The number of carbonyl (C=O) groups excluding carboxylic acids is 1. The third-order valence-corrected chi connectivity index (χ3v) is 4.47. The number of hydrogen-bond acceptors (Lipinski definition) is 2. The number of likely N-dealkylation sites (tertiary alicyclic amines) is 1. The maximum atomic E-state index is 13.0. The summed E-state index contributed by atoms with van der Waals surface area (Å²) < 4.78 is 39.1. The lowest BCUT2D eigenvalue weighted by Gasteiger charge is -2.36. The molecule has 2 amide bonds. The zero-order valence-corrected chi connectivity index (χ0v) is 13.4. The monoisotopic (exact) mass is 344 g/mol. The van der Waals surface area contributed by atoms with Gasteiger partial charge in [-0.25, -0.2) is 9.59 Å². The van der Waals surface area contributed by atoms with Crippen molar-refractivity contribution in [2.45, 2.75) is 38.5 Å². The van der Waals surface area contributed by atoms with E-state index in [2.05, 4.69) is 5.32 Å². The number of carboxylic acid groups (broad SMARTS) is 1. The van der Waals surface area contributed by atoms with Crippen molar-refractivity contribution in [3.8, 4) is 0 Å². The summed E-state index contributed by atoms with van der Waals surface area (Å²) in [4.78, 5) is 24.2. The van der Waals surface area contributed by atoms with Crippen LogP contribution in [0.15, 0.2) is 24.3 Å². The van der Waals surface area contributed by atoms with Gasteiger partial charge < -0.3 is 15.3 Å². The molecule has 1 aromatic rings. The van der Waals surface area contributed by atoms with Gasteiger partial charge in [-0.1, -0.05) is 12.1 Å². The Bertz CT molecular complexity index is 626. The number of urea groups is 1. The fraction of sp³-hybridized carbons (Fsp3) is 0.500. The van der Waals surface area contributed by atoms with Crippen LogP contribution in [0.3, 0.4) is 0 Å². The van der Waals surface area contributed by atoms with Gasteiger partial charge in [0.15, 0.2) is 0 Å². The average molecular weight is 344 g/mol. The van der Waals surface area contributed by atoms with E-state index < -0.39 is 29.6 Å². The molecule has 1 aromatic carbocycles. The normalized spacial score (nSPS) is 20.0. The summed E-state index contributed by atoms with van der Waals surface area (Å²) in [6.45, 7) is 2.99. The molecular weight excluding hydrogens is 325 g/mol. The summed E-state index contributed by atoms with van der Waals surface area (Å²) in [7, 11) is 0. The van der Waals surface area contributed by atoms with Crippen LogP contribution in [-0.2, 0) is 6.54 Å². The minimum Gasteiger partial charge on any atom is -0.478 e. The molecule has 2 N–H and O–H groups in total. The summed E-state index contributed by atoms with van der Waals surface area (Å²) in [5.41, 5.74) is -0.522. The standard InChI is InChI=1S/C16H19F3N2O3/c1-15(2)12(16(17,18)19)7-8-21(15)14(24)20-9-10-3-5-11(6-4-10)13(22)23/h3-6,12H,7-9H2,1-2H3,(H,20,24)(H,22,23). The molecule has 1 heterocycles. The van der Waals surface area contributed by atoms with Crippen molar-refractivity contribution in [3.05, 3.63) is 35.4 Å². The SMILES string of the molecule is CC1(C)C(C(F)(F)F)CCN1C(=O)NCc1ccc(C(=O)O)cc1. The number of alkyl halides is 3. The highest BCUT2D eigenvalue weighted by Gasteiger charge is 2.56. The van der Waals surface area contributed by atoms with Crippen LogP contribution in [0.2, 0.25) is 0 Å². The second-order valence-electron chi connectivity index (χ2n) is 6.35. The molecule has 24 heavy (non-hydrogen) atoms. The number of carboxylic acids is 1. The van der Waals surface area contributed by atoms with Crippen molar-refractivity contribution in [3.63, 3.8) is 0 Å². The summed E-state index contributed by atoms with van der Waals surface area (Å²) >= 11 is 0. The first-order valence-electron chi connectivity index (χ1n) is 7.48. The third kappa shape index (κ3) is 3.63. The smallest absolute Gasteiger partial charge is 0.394 e. The lowest BCUT2D eigenvalue weighted by molar-refractivity contribution is -0.189. The van der Waals surface area contributed by atoms with Gasteiger partial charge in [-0.15, -0.1) is 0 Å². The van der Waals surface area contributed by atoms with E-state index >= 15 is 0 Å². The molecule has 1 aliphatic rings. The Hall–Kier alpha value is -2.25. The van der Waals surface area contributed by atoms with E-state index in [1.54, 1.807) is 12.1 Å². The van der Waals surface area contributed by atoms with Crippen molar-refractivity contribution in [2.75, 3.05) is 6.54 Å². The van der Waals surface area contributed by atoms with Gasteiger partial charge in [-0.05, 0) is 38.0 Å². The van der Waals surface area contributed by atoms with Crippen molar-refractivity contribution in [1.29, 1.82) is 0 Å². The number of rotatable bonds is 3. The van der Waals surface area contributed by atoms with Crippen LogP contribution in [0.4, 0.5) is 18.0 Å². The Balaban J connectivity index is 1.99. The van der Waals surface area contributed by atoms with E-state index in [1.165, 1.54) is 30.9 Å². The largest absolute Gasteiger partial charge is 0.478 e. The van der Waals surface area contributed by atoms with Crippen molar-refractivity contribution in [2.24, 2.45) is 5.92 Å². The third-order valence-electron chi connectivity index (χ3n) is 4.47. The molecular formula is C16H19F3N2O3. The first-order valence-corrected chi connectivity index (χ1v) is 7.48. The van der Waals surface area contributed by atoms with E-state index in [-0.39, 0.29) is 25.1 Å². The van der Waals surface area contributed by atoms with Crippen molar-refractivity contribution >= 4 is 12.0 Å². The molecule has 1 atom stereocenters. The summed E-state index contributed by atoms with van der Waals surface area (Å²) in [5, 5.41) is 11.4. The highest BCUT2D eigenvalue weighted by Crippen LogP contribution is 2.44. The first kappa shape index (κ1) is 18.1. The maximum Gasteiger partial charge on any atom is 0.394 e. The van der Waals surface area contributed by atoms with Gasteiger partial charge in [-0.3, -0.25) is 0 Å². The zero-order valence-electron chi connectivity index (χ0n) is 13.4. The Morgan fingerprint density at radius 3 is 2.33 bits per heavy atom. The molecule has 2 rings (SSSR count). The molecule has 1 saturated heterocycles. The topological polar surface area (TPSA) is 69.6 Å². The molecule has 8 heteroatoms. The van der Waals surface area contributed by atoms with Crippen molar-refractivity contribution in [1.82, 2.24) is 10.2 Å². The number of benzene rings is 1. The van der Waals surface area contributed by atoms with Gasteiger partial charge in [0.25, 0.3) is 0 Å². The molecule has 0 radical (unpaired) electrons. The molecule has 0 aliphatic carbocycles. The van der Waals surface area contributed by atoms with Crippen LogP contribution >= 0.6 is 0 Å². The van der Waals surface area contributed by atoms with Gasteiger partial charge in [0.05, 0.1) is 17.0 Å². The Labute approximate surface area is 137 Å². The molecule has 1 unspecified atom stereocenters. The zero-order chi connectivity index (χ0) is 18.1. The summed E-state index contributed by atoms with van der Waals surface area (Å²) in [6.07, 6.45) is -4.46. The van der Waals surface area contributed by atoms with Gasteiger partial charge in [0.2, 0.25) is 0 Å². The number of amides is 2. The van der Waals surface area contributed by atoms with Crippen molar-refractivity contribution < 1.29 is 27.9 Å². The quantitative estimate of drug-likeness (QED) is 0.884. The van der Waals surface area contributed by atoms with Crippen LogP contribution in [0.1, 0.15) is 36.2 Å². The molecule has 0 bridgehead atoms. The molecule has 0 aromatic heterocycles. The Morgan fingerprint density at radius 2 is 1.88 bits per heavy atom. The van der Waals surface area contributed by atoms with Gasteiger partial charge in [0.1, 0.15) is 0 Å². The van der Waals surface area contributed by atoms with Crippen LogP contribution in [0, 0.1) is 5.92 Å². The second kappa shape index (κ2) is 6.33. The van der Waals surface area contributed by atoms with E-state index in [9.17, 15) is 22.8 Å². The predicted molar refractivity (Wildman–Crippen MR) is 80.6 cm³/mol. The van der Waals surface area contributed by atoms with Crippen LogP contribution < -0.4 is 5.32 Å². The van der Waals surface area contributed by atoms with Crippen LogP contribution in [-0.4, -0.2) is 40.3 Å². The highest BCUT2D eigenvalue weighted by atomic mass is 19.4. The Morgan fingerprint density at radius 1 is 1.29 bits per heavy atom. The van der Waals surface area contributed by atoms with Gasteiger partial charge in [-0.2, -0.15) is 13.2 Å². The van der Waals surface area contributed by atoms with Gasteiger partial charge >= 0.3 is 18.2 Å². The number of hydrogen-bond donors (Lipinski definition) is 2. The number of halogens is 3. The van der Waals surface area contributed by atoms with E-state index in [1.807, 2.05) is 0 Å². The lowest BCUT2D eigenvalue weighted by Crippen LogP contribution is -2.52. The van der Waals surface area contributed by atoms with Gasteiger partial charge in [0, 0.05) is 13.1 Å². The fourth-order valence-corrected chi connectivity index (χ4v) is 3.05. The molecule has 1 aliphatic heterocycles. The molecule has 1 fully saturated rings. The second-order valence-corrected chi connectivity index (χ2v) is 6.35. The fourth-order valence-electron chi connectivity index (χ4n) is 3.05. The molecule has 132 valence electrons. The number of aromatic carboxylic acids is 1. The number of carbonyl (C=O) groups is 2. The van der Waals surface area contributed by atoms with E-state index in [0.717, 1.165) is 0 Å². The first-order chi connectivity index (χ1) is 11.0. The minimum absolute atomic E-state index is 0.0426. The van der Waals surface area contributed by atoms with Crippen LogP contribution in [0.25, 0.3) is 0 Å². The molecule has 0 spiro atoms. The lowest BCUT2D eigenvalue weighted by atomic mass is 9.88. The number of nitrogens with one attached hydrogen (secondary N) is 1. The van der Waals surface area contributed by atoms with E-state index in [0.29, 0.717) is 5.56 Å². The average Bonchev–Trinajstić information content (AvgIpc) is 2.80. The number of nitrogens with zero attached hydrogens (tertiary/aromatic N) is 1. The molecule has 5 nitrogen and oxygen atoms in total. The Kier molecular flexibility index (Phi) is 4.77. The van der Waals surface area contributed by atoms with E-state index in [4.69, 9.17) is 5.11 Å². The minimum atomic E-state index is -4.34. The maximum absolute atomic E-state index is 13.0. The summed E-state index contributed by atoms with van der Waals surface area (Å²) in [6, 6.07) is 5.36.